The van der Waals surface area contributed by atoms with Crippen LogP contribution in [0, 0.1) is 11.6 Å². The molecule has 0 radical (unpaired) electrons. The zero-order valence-corrected chi connectivity index (χ0v) is 12.4. The molecule has 1 atom stereocenters. The smallest absolute Gasteiger partial charge is 0.251 e. The molecule has 0 saturated heterocycles. The molecular weight excluding hydrogens is 314 g/mol. The summed E-state index contributed by atoms with van der Waals surface area (Å²) in [5, 5.41) is 12.9. The monoisotopic (exact) mass is 326 g/mol. The SMILES string of the molecule is CC(O)(CNC(=O)c1ccnc(Cl)c1)c1ccc(F)cc1F. The average Bonchev–Trinajstić information content (AvgIpc) is 2.44. The number of aromatic nitrogens is 1. The summed E-state index contributed by atoms with van der Waals surface area (Å²) in [5.74, 6) is -2.12. The minimum Gasteiger partial charge on any atom is -0.383 e. The third-order valence-electron chi connectivity index (χ3n) is 3.09. The van der Waals surface area contributed by atoms with Crippen LogP contribution in [0.1, 0.15) is 22.8 Å². The van der Waals surface area contributed by atoms with Crippen molar-refractivity contribution in [3.63, 3.8) is 0 Å². The van der Waals surface area contributed by atoms with E-state index in [4.69, 9.17) is 11.6 Å². The zero-order chi connectivity index (χ0) is 16.3. The second-order valence-corrected chi connectivity index (χ2v) is 5.34. The maximum absolute atomic E-state index is 13.7. The minimum absolute atomic E-state index is 0.109. The Labute approximate surface area is 130 Å². The number of carbonyl (C=O) groups is 1. The van der Waals surface area contributed by atoms with Gasteiger partial charge in [0.2, 0.25) is 0 Å². The lowest BCUT2D eigenvalue weighted by molar-refractivity contribution is 0.0494. The van der Waals surface area contributed by atoms with Gasteiger partial charge in [0.05, 0.1) is 6.54 Å². The second kappa shape index (κ2) is 6.37. The fourth-order valence-electron chi connectivity index (χ4n) is 1.92. The van der Waals surface area contributed by atoms with E-state index in [1.807, 2.05) is 0 Å². The number of carbonyl (C=O) groups excluding carboxylic acids is 1. The predicted molar refractivity (Wildman–Crippen MR) is 77.5 cm³/mol. The third-order valence-corrected chi connectivity index (χ3v) is 3.30. The number of amides is 1. The fraction of sp³-hybridized carbons (Fsp3) is 0.200. The molecule has 1 amide bonds. The Morgan fingerprint density at radius 1 is 1.36 bits per heavy atom. The highest BCUT2D eigenvalue weighted by atomic mass is 35.5. The van der Waals surface area contributed by atoms with Gasteiger partial charge in [-0.3, -0.25) is 4.79 Å². The number of hydrogen-bond donors (Lipinski definition) is 2. The van der Waals surface area contributed by atoms with Crippen LogP contribution in [0.4, 0.5) is 8.78 Å². The van der Waals surface area contributed by atoms with Crippen LogP contribution < -0.4 is 5.32 Å². The van der Waals surface area contributed by atoms with Gasteiger partial charge in [0.25, 0.3) is 5.91 Å². The van der Waals surface area contributed by atoms with Crippen molar-refractivity contribution in [2.45, 2.75) is 12.5 Å². The highest BCUT2D eigenvalue weighted by molar-refractivity contribution is 6.29. The third kappa shape index (κ3) is 3.78. The second-order valence-electron chi connectivity index (χ2n) is 4.95. The summed E-state index contributed by atoms with van der Waals surface area (Å²) >= 11 is 5.68. The van der Waals surface area contributed by atoms with Gasteiger partial charge in [0.1, 0.15) is 22.4 Å². The maximum atomic E-state index is 13.7. The first-order valence-electron chi connectivity index (χ1n) is 6.37. The Hall–Kier alpha value is -2.05. The average molecular weight is 327 g/mol. The van der Waals surface area contributed by atoms with E-state index in [0.717, 1.165) is 12.1 Å². The van der Waals surface area contributed by atoms with Gasteiger partial charge in [-0.05, 0) is 25.1 Å². The molecule has 0 fully saturated rings. The molecule has 0 aliphatic carbocycles. The molecule has 116 valence electrons. The highest BCUT2D eigenvalue weighted by Crippen LogP contribution is 2.23. The Bertz CT molecular complexity index is 708. The molecule has 1 aromatic carbocycles. The minimum atomic E-state index is -1.69. The fourth-order valence-corrected chi connectivity index (χ4v) is 2.09. The predicted octanol–water partition coefficient (Wildman–Crippen LogP) is 2.65. The van der Waals surface area contributed by atoms with Crippen LogP contribution in [0.15, 0.2) is 36.5 Å². The lowest BCUT2D eigenvalue weighted by Gasteiger charge is -2.24. The lowest BCUT2D eigenvalue weighted by atomic mass is 9.95. The van der Waals surface area contributed by atoms with Gasteiger partial charge >= 0.3 is 0 Å². The van der Waals surface area contributed by atoms with E-state index < -0.39 is 23.1 Å². The molecular formula is C15H13ClF2N2O2. The van der Waals surface area contributed by atoms with E-state index in [-0.39, 0.29) is 22.8 Å². The van der Waals surface area contributed by atoms with Crippen molar-refractivity contribution in [3.05, 3.63) is 64.4 Å². The van der Waals surface area contributed by atoms with Crippen LogP contribution >= 0.6 is 11.6 Å². The van der Waals surface area contributed by atoms with Crippen LogP contribution in [-0.4, -0.2) is 22.5 Å². The van der Waals surface area contributed by atoms with Gasteiger partial charge < -0.3 is 10.4 Å². The highest BCUT2D eigenvalue weighted by Gasteiger charge is 2.27. The summed E-state index contributed by atoms with van der Waals surface area (Å²) < 4.78 is 26.6. The molecule has 1 heterocycles. The number of rotatable bonds is 4. The summed E-state index contributed by atoms with van der Waals surface area (Å²) in [4.78, 5) is 15.7. The van der Waals surface area contributed by atoms with E-state index in [1.165, 1.54) is 25.3 Å². The van der Waals surface area contributed by atoms with Gasteiger partial charge in [-0.25, -0.2) is 13.8 Å². The number of benzene rings is 1. The number of pyridine rings is 1. The Balaban J connectivity index is 2.10. The van der Waals surface area contributed by atoms with Crippen LogP contribution in [0.25, 0.3) is 0 Å². The normalized spacial score (nSPS) is 13.5. The molecule has 0 spiro atoms. The van der Waals surface area contributed by atoms with Crippen molar-refractivity contribution in [3.8, 4) is 0 Å². The number of nitrogens with one attached hydrogen (secondary N) is 1. The Morgan fingerprint density at radius 2 is 2.09 bits per heavy atom. The van der Waals surface area contributed by atoms with Crippen LogP contribution in [0.2, 0.25) is 5.15 Å². The first-order valence-corrected chi connectivity index (χ1v) is 6.75. The molecule has 0 saturated carbocycles. The van der Waals surface area contributed by atoms with Crippen molar-refractivity contribution >= 4 is 17.5 Å². The number of nitrogens with zero attached hydrogens (tertiary/aromatic N) is 1. The standard InChI is InChI=1S/C15H13ClF2N2O2/c1-15(22,11-3-2-10(17)7-12(11)18)8-20-14(21)9-4-5-19-13(16)6-9/h2-7,22H,8H2,1H3,(H,20,21). The Morgan fingerprint density at radius 3 is 2.73 bits per heavy atom. The van der Waals surface area contributed by atoms with E-state index in [1.54, 1.807) is 0 Å². The first kappa shape index (κ1) is 16.3. The van der Waals surface area contributed by atoms with Crippen molar-refractivity contribution in [2.75, 3.05) is 6.54 Å². The molecule has 2 N–H and O–H groups in total. The van der Waals surface area contributed by atoms with Crippen LogP contribution in [0.3, 0.4) is 0 Å². The summed E-state index contributed by atoms with van der Waals surface area (Å²) in [6.45, 7) is 1.07. The summed E-state index contributed by atoms with van der Waals surface area (Å²) in [6.07, 6.45) is 1.37. The summed E-state index contributed by atoms with van der Waals surface area (Å²) in [7, 11) is 0. The molecule has 22 heavy (non-hydrogen) atoms. The zero-order valence-electron chi connectivity index (χ0n) is 11.6. The van der Waals surface area contributed by atoms with E-state index in [0.29, 0.717) is 6.07 Å². The topological polar surface area (TPSA) is 62.2 Å². The van der Waals surface area contributed by atoms with E-state index >= 15 is 0 Å². The molecule has 7 heteroatoms. The Kier molecular flexibility index (Phi) is 4.73. The first-order chi connectivity index (χ1) is 10.3. The van der Waals surface area contributed by atoms with Crippen molar-refractivity contribution in [1.82, 2.24) is 10.3 Å². The summed E-state index contributed by atoms with van der Waals surface area (Å²) in [6, 6.07) is 5.67. The van der Waals surface area contributed by atoms with Gasteiger partial charge in [-0.1, -0.05) is 17.7 Å². The van der Waals surface area contributed by atoms with Crippen molar-refractivity contribution in [1.29, 1.82) is 0 Å². The van der Waals surface area contributed by atoms with Gasteiger partial charge in [-0.2, -0.15) is 0 Å². The van der Waals surface area contributed by atoms with Crippen molar-refractivity contribution < 1.29 is 18.7 Å². The summed E-state index contributed by atoms with van der Waals surface area (Å²) in [5.41, 5.74) is -1.54. The van der Waals surface area contributed by atoms with Gasteiger partial charge in [0.15, 0.2) is 0 Å². The molecule has 0 bridgehead atoms. The molecule has 0 aliphatic rings. The van der Waals surface area contributed by atoms with Gasteiger partial charge in [0, 0.05) is 23.4 Å². The molecule has 0 aliphatic heterocycles. The van der Waals surface area contributed by atoms with Crippen molar-refractivity contribution in [2.24, 2.45) is 0 Å². The van der Waals surface area contributed by atoms with E-state index in [9.17, 15) is 18.7 Å². The number of halogens is 3. The van der Waals surface area contributed by atoms with Crippen LogP contribution in [0.5, 0.6) is 0 Å². The molecule has 1 unspecified atom stereocenters. The number of aliphatic hydroxyl groups is 1. The van der Waals surface area contributed by atoms with Crippen LogP contribution in [-0.2, 0) is 5.60 Å². The quantitative estimate of drug-likeness (QED) is 0.849. The maximum Gasteiger partial charge on any atom is 0.251 e. The number of hydrogen-bond acceptors (Lipinski definition) is 3. The molecule has 2 aromatic rings. The molecule has 1 aromatic heterocycles. The van der Waals surface area contributed by atoms with E-state index in [2.05, 4.69) is 10.3 Å². The molecule has 4 nitrogen and oxygen atoms in total. The van der Waals surface area contributed by atoms with Gasteiger partial charge in [-0.15, -0.1) is 0 Å². The molecule has 2 rings (SSSR count). The lowest BCUT2D eigenvalue weighted by Crippen LogP contribution is -2.39. The largest absolute Gasteiger partial charge is 0.383 e.